The zero-order valence-electron chi connectivity index (χ0n) is 10.2. The topological polar surface area (TPSA) is 46.8 Å². The van der Waals surface area contributed by atoms with Gasteiger partial charge in [-0.15, -0.1) is 11.3 Å². The average molecular weight is 254 g/mol. The van der Waals surface area contributed by atoms with E-state index in [1.807, 2.05) is 36.0 Å². The third kappa shape index (κ3) is 2.86. The van der Waals surface area contributed by atoms with Crippen molar-refractivity contribution in [1.29, 1.82) is 0 Å². The van der Waals surface area contributed by atoms with Gasteiger partial charge in [-0.25, -0.2) is 4.98 Å². The van der Waals surface area contributed by atoms with E-state index in [4.69, 9.17) is 4.74 Å². The number of aliphatic hydroxyl groups excluding tert-OH is 1. The van der Waals surface area contributed by atoms with E-state index in [0.717, 1.165) is 17.1 Å². The third-order valence-electron chi connectivity index (χ3n) is 2.77. The van der Waals surface area contributed by atoms with Crippen LogP contribution in [0.1, 0.15) is 26.0 Å². The van der Waals surface area contributed by atoms with Gasteiger partial charge in [0, 0.05) is 30.8 Å². The maximum Gasteiger partial charge on any atom is 0.193 e. The minimum absolute atomic E-state index is 0.0975. The van der Waals surface area contributed by atoms with Gasteiger partial charge in [0.25, 0.3) is 0 Å². The van der Waals surface area contributed by atoms with E-state index in [1.54, 1.807) is 11.3 Å². The molecule has 0 fully saturated rings. The number of hydrogen-bond acceptors (Lipinski definition) is 4. The number of hydrogen-bond donors (Lipinski definition) is 1. The predicted molar refractivity (Wildman–Crippen MR) is 68.5 cm³/mol. The van der Waals surface area contributed by atoms with Gasteiger partial charge >= 0.3 is 0 Å². The lowest BCUT2D eigenvalue weighted by Gasteiger charge is -2.20. The number of thiazole rings is 1. The summed E-state index contributed by atoms with van der Waals surface area (Å²) in [5, 5.41) is 12.1. The molecule has 0 aliphatic heterocycles. The molecule has 94 valence electrons. The van der Waals surface area contributed by atoms with Gasteiger partial charge in [0.1, 0.15) is 0 Å². The first-order chi connectivity index (χ1) is 8.24. The molecule has 0 spiro atoms. The van der Waals surface area contributed by atoms with E-state index in [9.17, 15) is 5.11 Å². The normalized spacial score (nSPS) is 15.2. The SMILES string of the molecule is CCOC(CC)C(O)Cc1cn2ccsc2n1. The van der Waals surface area contributed by atoms with Gasteiger partial charge in [0.15, 0.2) is 4.96 Å². The molecule has 0 saturated heterocycles. The summed E-state index contributed by atoms with van der Waals surface area (Å²) < 4.78 is 7.48. The van der Waals surface area contributed by atoms with E-state index in [0.29, 0.717) is 13.0 Å². The Morgan fingerprint density at radius 1 is 1.53 bits per heavy atom. The lowest BCUT2D eigenvalue weighted by atomic mass is 10.1. The van der Waals surface area contributed by atoms with E-state index in [-0.39, 0.29) is 6.10 Å². The number of imidazole rings is 1. The Balaban J connectivity index is 2.02. The highest BCUT2D eigenvalue weighted by Gasteiger charge is 2.19. The molecular weight excluding hydrogens is 236 g/mol. The Labute approximate surface area is 105 Å². The van der Waals surface area contributed by atoms with E-state index >= 15 is 0 Å². The average Bonchev–Trinajstić information content (AvgIpc) is 2.85. The maximum atomic E-state index is 10.1. The second-order valence-electron chi connectivity index (χ2n) is 4.00. The van der Waals surface area contributed by atoms with Crippen LogP contribution in [0.25, 0.3) is 4.96 Å². The highest BCUT2D eigenvalue weighted by Crippen LogP contribution is 2.15. The standard InChI is InChI=1S/C12H18N2O2S/c1-3-11(16-4-2)10(15)7-9-8-14-5-6-17-12(14)13-9/h5-6,8,10-11,15H,3-4,7H2,1-2H3. The molecule has 2 rings (SSSR count). The van der Waals surface area contributed by atoms with Crippen LogP contribution in [0.5, 0.6) is 0 Å². The summed E-state index contributed by atoms with van der Waals surface area (Å²) in [5.74, 6) is 0. The van der Waals surface area contributed by atoms with Crippen molar-refractivity contribution in [2.24, 2.45) is 0 Å². The van der Waals surface area contributed by atoms with Crippen LogP contribution in [0.3, 0.4) is 0 Å². The third-order valence-corrected chi connectivity index (χ3v) is 3.54. The first-order valence-corrected chi connectivity index (χ1v) is 6.83. The van der Waals surface area contributed by atoms with Crippen molar-refractivity contribution >= 4 is 16.3 Å². The van der Waals surface area contributed by atoms with Crippen LogP contribution < -0.4 is 0 Å². The molecule has 2 unspecified atom stereocenters. The molecule has 0 radical (unpaired) electrons. The molecule has 0 bridgehead atoms. The fraction of sp³-hybridized carbons (Fsp3) is 0.583. The smallest absolute Gasteiger partial charge is 0.193 e. The summed E-state index contributed by atoms with van der Waals surface area (Å²) in [6, 6.07) is 0. The Hall–Kier alpha value is -0.910. The largest absolute Gasteiger partial charge is 0.390 e. The number of fused-ring (bicyclic) bond motifs is 1. The van der Waals surface area contributed by atoms with Gasteiger partial charge in [-0.1, -0.05) is 6.92 Å². The van der Waals surface area contributed by atoms with Crippen LogP contribution >= 0.6 is 11.3 Å². The second kappa shape index (κ2) is 5.62. The van der Waals surface area contributed by atoms with Gasteiger partial charge in [-0.3, -0.25) is 4.40 Å². The molecule has 0 amide bonds. The molecule has 2 aromatic heterocycles. The second-order valence-corrected chi connectivity index (χ2v) is 4.87. The number of ether oxygens (including phenoxy) is 1. The molecule has 2 aromatic rings. The maximum absolute atomic E-state index is 10.1. The molecule has 0 aliphatic rings. The lowest BCUT2D eigenvalue weighted by Crippen LogP contribution is -2.30. The summed E-state index contributed by atoms with van der Waals surface area (Å²) >= 11 is 1.60. The summed E-state index contributed by atoms with van der Waals surface area (Å²) in [4.78, 5) is 5.42. The van der Waals surface area contributed by atoms with Crippen molar-refractivity contribution < 1.29 is 9.84 Å². The molecule has 0 aliphatic carbocycles. The molecule has 0 saturated carbocycles. The fourth-order valence-corrected chi connectivity index (χ4v) is 2.65. The number of rotatable bonds is 6. The zero-order chi connectivity index (χ0) is 12.3. The first-order valence-electron chi connectivity index (χ1n) is 5.95. The highest BCUT2D eigenvalue weighted by atomic mass is 32.1. The van der Waals surface area contributed by atoms with Gasteiger partial charge in [-0.05, 0) is 13.3 Å². The highest BCUT2D eigenvalue weighted by molar-refractivity contribution is 7.15. The van der Waals surface area contributed by atoms with Gasteiger partial charge in [-0.2, -0.15) is 0 Å². The molecule has 2 heterocycles. The Morgan fingerprint density at radius 3 is 3.00 bits per heavy atom. The molecule has 5 heteroatoms. The quantitative estimate of drug-likeness (QED) is 0.859. The fourth-order valence-electron chi connectivity index (χ4n) is 1.94. The van der Waals surface area contributed by atoms with Crippen molar-refractivity contribution in [3.63, 3.8) is 0 Å². The van der Waals surface area contributed by atoms with Crippen LogP contribution in [0.4, 0.5) is 0 Å². The molecule has 4 nitrogen and oxygen atoms in total. The van der Waals surface area contributed by atoms with Crippen molar-refractivity contribution in [2.45, 2.75) is 38.9 Å². The first kappa shape index (κ1) is 12.5. The molecule has 2 atom stereocenters. The van der Waals surface area contributed by atoms with E-state index in [1.165, 1.54) is 0 Å². The summed E-state index contributed by atoms with van der Waals surface area (Å²) in [7, 11) is 0. The van der Waals surface area contributed by atoms with Crippen LogP contribution in [0.15, 0.2) is 17.8 Å². The molecule has 0 aromatic carbocycles. The van der Waals surface area contributed by atoms with E-state index in [2.05, 4.69) is 4.98 Å². The zero-order valence-corrected chi connectivity index (χ0v) is 11.0. The molecular formula is C12H18N2O2S. The Kier molecular flexibility index (Phi) is 4.15. The van der Waals surface area contributed by atoms with Crippen molar-refractivity contribution in [3.8, 4) is 0 Å². The molecule has 1 N–H and O–H groups in total. The summed E-state index contributed by atoms with van der Waals surface area (Å²) in [6.45, 7) is 4.60. The van der Waals surface area contributed by atoms with Crippen LogP contribution in [-0.2, 0) is 11.2 Å². The Morgan fingerprint density at radius 2 is 2.35 bits per heavy atom. The molecule has 17 heavy (non-hydrogen) atoms. The Bertz CT molecular complexity index is 437. The van der Waals surface area contributed by atoms with Gasteiger partial charge in [0.2, 0.25) is 0 Å². The van der Waals surface area contributed by atoms with Crippen LogP contribution in [0.2, 0.25) is 0 Å². The monoisotopic (exact) mass is 254 g/mol. The van der Waals surface area contributed by atoms with Gasteiger partial charge in [0.05, 0.1) is 17.9 Å². The van der Waals surface area contributed by atoms with Crippen molar-refractivity contribution in [3.05, 3.63) is 23.5 Å². The summed E-state index contributed by atoms with van der Waals surface area (Å²) in [5.41, 5.74) is 0.919. The van der Waals surface area contributed by atoms with E-state index < -0.39 is 6.10 Å². The lowest BCUT2D eigenvalue weighted by molar-refractivity contribution is -0.0337. The van der Waals surface area contributed by atoms with Crippen LogP contribution in [0, 0.1) is 0 Å². The number of aliphatic hydroxyl groups is 1. The number of nitrogens with zero attached hydrogens (tertiary/aromatic N) is 2. The van der Waals surface area contributed by atoms with Crippen LogP contribution in [-0.4, -0.2) is 33.3 Å². The minimum atomic E-state index is -0.482. The minimum Gasteiger partial charge on any atom is -0.390 e. The van der Waals surface area contributed by atoms with Crippen molar-refractivity contribution in [2.75, 3.05) is 6.61 Å². The predicted octanol–water partition coefficient (Wildman–Crippen LogP) is 2.11. The van der Waals surface area contributed by atoms with Crippen molar-refractivity contribution in [1.82, 2.24) is 9.38 Å². The number of aromatic nitrogens is 2. The van der Waals surface area contributed by atoms with Gasteiger partial charge < -0.3 is 9.84 Å². The summed E-state index contributed by atoms with van der Waals surface area (Å²) in [6.07, 6.45) is 4.73.